The van der Waals surface area contributed by atoms with Gasteiger partial charge < -0.3 is 10.6 Å². The normalized spacial score (nSPS) is 16.4. The van der Waals surface area contributed by atoms with Gasteiger partial charge in [0.05, 0.1) is 17.8 Å². The van der Waals surface area contributed by atoms with Crippen molar-refractivity contribution in [3.8, 4) is 5.69 Å². The fourth-order valence-electron chi connectivity index (χ4n) is 3.59. The molecule has 0 spiro atoms. The molecule has 1 unspecified atom stereocenters. The summed E-state index contributed by atoms with van der Waals surface area (Å²) in [5.41, 5.74) is 3.99. The molecular formula is C22H24N4O. The number of nitrogens with zero attached hydrogens (tertiary/aromatic N) is 2. The molecular weight excluding hydrogens is 336 g/mol. The van der Waals surface area contributed by atoms with Gasteiger partial charge >= 0.3 is 0 Å². The molecule has 27 heavy (non-hydrogen) atoms. The molecule has 2 aromatic carbocycles. The van der Waals surface area contributed by atoms with Gasteiger partial charge in [-0.1, -0.05) is 36.4 Å². The van der Waals surface area contributed by atoms with E-state index in [0.717, 1.165) is 42.4 Å². The number of para-hydroxylation sites is 2. The highest BCUT2D eigenvalue weighted by Crippen LogP contribution is 2.20. The summed E-state index contributed by atoms with van der Waals surface area (Å²) in [6.07, 6.45) is 6.31. The van der Waals surface area contributed by atoms with E-state index in [-0.39, 0.29) is 5.91 Å². The first kappa shape index (κ1) is 17.5. The SMILES string of the molecule is O=C(Cc1ccc(CC2CCNC2)cc1)Nc1ccccc1-n1cccn1. The van der Waals surface area contributed by atoms with Gasteiger partial charge in [-0.15, -0.1) is 0 Å². The Labute approximate surface area is 159 Å². The Morgan fingerprint density at radius 2 is 1.93 bits per heavy atom. The van der Waals surface area contributed by atoms with Gasteiger partial charge in [0.25, 0.3) is 0 Å². The van der Waals surface area contributed by atoms with Crippen molar-refractivity contribution < 1.29 is 4.79 Å². The highest BCUT2D eigenvalue weighted by Gasteiger charge is 2.15. The van der Waals surface area contributed by atoms with Gasteiger partial charge in [-0.05, 0) is 61.2 Å². The Morgan fingerprint density at radius 1 is 1.11 bits per heavy atom. The Kier molecular flexibility index (Phi) is 5.30. The minimum Gasteiger partial charge on any atom is -0.324 e. The van der Waals surface area contributed by atoms with E-state index in [1.807, 2.05) is 36.5 Å². The first-order chi connectivity index (χ1) is 13.3. The molecule has 1 aliphatic rings. The number of anilines is 1. The number of aromatic nitrogens is 2. The second-order valence-electron chi connectivity index (χ2n) is 7.07. The second kappa shape index (κ2) is 8.18. The summed E-state index contributed by atoms with van der Waals surface area (Å²) < 4.78 is 1.75. The predicted octanol–water partition coefficient (Wildman–Crippen LogP) is 3.21. The number of carbonyl (C=O) groups is 1. The zero-order chi connectivity index (χ0) is 18.5. The van der Waals surface area contributed by atoms with Crippen molar-refractivity contribution in [1.82, 2.24) is 15.1 Å². The van der Waals surface area contributed by atoms with Crippen LogP contribution in [0.1, 0.15) is 17.5 Å². The first-order valence-electron chi connectivity index (χ1n) is 9.45. The van der Waals surface area contributed by atoms with Gasteiger partial charge in [0.1, 0.15) is 0 Å². The van der Waals surface area contributed by atoms with E-state index in [4.69, 9.17) is 0 Å². The summed E-state index contributed by atoms with van der Waals surface area (Å²) in [5.74, 6) is 0.709. The van der Waals surface area contributed by atoms with E-state index >= 15 is 0 Å². The zero-order valence-corrected chi connectivity index (χ0v) is 15.3. The van der Waals surface area contributed by atoms with E-state index in [0.29, 0.717) is 6.42 Å². The third-order valence-electron chi connectivity index (χ3n) is 5.00. The molecule has 0 saturated carbocycles. The van der Waals surface area contributed by atoms with Crippen molar-refractivity contribution in [3.63, 3.8) is 0 Å². The van der Waals surface area contributed by atoms with Crippen molar-refractivity contribution >= 4 is 11.6 Å². The van der Waals surface area contributed by atoms with Crippen LogP contribution in [0.3, 0.4) is 0 Å². The lowest BCUT2D eigenvalue weighted by atomic mass is 9.97. The van der Waals surface area contributed by atoms with Crippen LogP contribution in [-0.4, -0.2) is 28.8 Å². The maximum atomic E-state index is 12.5. The number of rotatable bonds is 6. The average molecular weight is 360 g/mol. The van der Waals surface area contributed by atoms with Crippen LogP contribution in [0.25, 0.3) is 5.69 Å². The maximum absolute atomic E-state index is 12.5. The monoisotopic (exact) mass is 360 g/mol. The van der Waals surface area contributed by atoms with Crippen molar-refractivity contribution in [2.45, 2.75) is 19.3 Å². The molecule has 4 rings (SSSR count). The fraction of sp³-hybridized carbons (Fsp3) is 0.273. The Balaban J connectivity index is 1.38. The number of hydrogen-bond acceptors (Lipinski definition) is 3. The zero-order valence-electron chi connectivity index (χ0n) is 15.3. The molecule has 1 fully saturated rings. The quantitative estimate of drug-likeness (QED) is 0.710. The number of nitrogens with one attached hydrogen (secondary N) is 2. The lowest BCUT2D eigenvalue weighted by Gasteiger charge is -2.12. The van der Waals surface area contributed by atoms with E-state index in [9.17, 15) is 4.79 Å². The number of benzene rings is 2. The van der Waals surface area contributed by atoms with Gasteiger partial charge in [0.15, 0.2) is 0 Å². The van der Waals surface area contributed by atoms with Crippen LogP contribution in [-0.2, 0) is 17.6 Å². The molecule has 0 radical (unpaired) electrons. The summed E-state index contributed by atoms with van der Waals surface area (Å²) in [4.78, 5) is 12.5. The highest BCUT2D eigenvalue weighted by molar-refractivity contribution is 5.94. The van der Waals surface area contributed by atoms with Crippen LogP contribution in [0.4, 0.5) is 5.69 Å². The van der Waals surface area contributed by atoms with Crippen molar-refractivity contribution in [2.75, 3.05) is 18.4 Å². The number of carbonyl (C=O) groups excluding carboxylic acids is 1. The molecule has 1 aliphatic heterocycles. The van der Waals surface area contributed by atoms with Gasteiger partial charge in [-0.2, -0.15) is 5.10 Å². The third-order valence-corrected chi connectivity index (χ3v) is 5.00. The van der Waals surface area contributed by atoms with Crippen molar-refractivity contribution in [3.05, 3.63) is 78.1 Å². The van der Waals surface area contributed by atoms with Crippen molar-refractivity contribution in [1.29, 1.82) is 0 Å². The standard InChI is InChI=1S/C22H24N4O/c27-22(25-20-4-1-2-5-21(20)26-13-3-11-24-26)15-18-8-6-17(7-9-18)14-19-10-12-23-16-19/h1-9,11,13,19,23H,10,12,14-16H2,(H,25,27). The number of amides is 1. The van der Waals surface area contributed by atoms with Crippen LogP contribution in [0.2, 0.25) is 0 Å². The van der Waals surface area contributed by atoms with E-state index in [2.05, 4.69) is 40.0 Å². The van der Waals surface area contributed by atoms with Crippen LogP contribution >= 0.6 is 0 Å². The molecule has 3 aromatic rings. The first-order valence-corrected chi connectivity index (χ1v) is 9.45. The average Bonchev–Trinajstić information content (AvgIpc) is 3.38. The fourth-order valence-corrected chi connectivity index (χ4v) is 3.59. The molecule has 5 heteroatoms. The molecule has 1 saturated heterocycles. The van der Waals surface area contributed by atoms with Crippen LogP contribution < -0.4 is 10.6 Å². The maximum Gasteiger partial charge on any atom is 0.228 e. The molecule has 5 nitrogen and oxygen atoms in total. The van der Waals surface area contributed by atoms with E-state index < -0.39 is 0 Å². The largest absolute Gasteiger partial charge is 0.324 e. The summed E-state index contributed by atoms with van der Waals surface area (Å²) >= 11 is 0. The summed E-state index contributed by atoms with van der Waals surface area (Å²) in [7, 11) is 0. The molecule has 0 bridgehead atoms. The molecule has 1 atom stereocenters. The van der Waals surface area contributed by atoms with Crippen LogP contribution in [0.5, 0.6) is 0 Å². The summed E-state index contributed by atoms with van der Waals surface area (Å²) in [5, 5.41) is 10.7. The summed E-state index contributed by atoms with van der Waals surface area (Å²) in [6, 6.07) is 18.0. The molecule has 1 aromatic heterocycles. The molecule has 138 valence electrons. The number of hydrogen-bond donors (Lipinski definition) is 2. The molecule has 1 amide bonds. The Hall–Kier alpha value is -2.92. The van der Waals surface area contributed by atoms with Crippen molar-refractivity contribution in [2.24, 2.45) is 5.92 Å². The second-order valence-corrected chi connectivity index (χ2v) is 7.07. The predicted molar refractivity (Wildman–Crippen MR) is 107 cm³/mol. The lowest BCUT2D eigenvalue weighted by molar-refractivity contribution is -0.115. The topological polar surface area (TPSA) is 59.0 Å². The highest BCUT2D eigenvalue weighted by atomic mass is 16.1. The van der Waals surface area contributed by atoms with Crippen LogP contribution in [0.15, 0.2) is 67.0 Å². The Bertz CT molecular complexity index is 881. The summed E-state index contributed by atoms with van der Waals surface area (Å²) in [6.45, 7) is 2.24. The minimum absolute atomic E-state index is 0.0256. The smallest absolute Gasteiger partial charge is 0.228 e. The van der Waals surface area contributed by atoms with Gasteiger partial charge in [0, 0.05) is 12.4 Å². The van der Waals surface area contributed by atoms with E-state index in [1.165, 1.54) is 12.0 Å². The van der Waals surface area contributed by atoms with Crippen LogP contribution in [0, 0.1) is 5.92 Å². The lowest BCUT2D eigenvalue weighted by Crippen LogP contribution is -2.16. The van der Waals surface area contributed by atoms with Gasteiger partial charge in [0.2, 0.25) is 5.91 Å². The molecule has 0 aliphatic carbocycles. The minimum atomic E-state index is -0.0256. The van der Waals surface area contributed by atoms with E-state index in [1.54, 1.807) is 10.9 Å². The van der Waals surface area contributed by atoms with Gasteiger partial charge in [-0.25, -0.2) is 4.68 Å². The molecule has 2 heterocycles. The molecule has 2 N–H and O–H groups in total. The third kappa shape index (κ3) is 4.44. The van der Waals surface area contributed by atoms with Gasteiger partial charge in [-0.3, -0.25) is 4.79 Å². The Morgan fingerprint density at radius 3 is 2.67 bits per heavy atom.